The normalized spacial score (nSPS) is 17.4. The number of methoxy groups -OCH3 is 1. The predicted molar refractivity (Wildman–Crippen MR) is 85.6 cm³/mol. The highest BCUT2D eigenvalue weighted by Gasteiger charge is 2.21. The molecule has 20 heavy (non-hydrogen) atoms. The molecule has 1 N–H and O–H groups in total. The number of rotatable bonds is 7. The van der Waals surface area contributed by atoms with E-state index in [1.165, 1.54) is 37.7 Å². The number of nitrogens with one attached hydrogen (secondary N) is 1. The van der Waals surface area contributed by atoms with E-state index < -0.39 is 0 Å². The number of halogens is 1. The van der Waals surface area contributed by atoms with Crippen molar-refractivity contribution in [2.45, 2.75) is 51.5 Å². The van der Waals surface area contributed by atoms with E-state index in [-0.39, 0.29) is 0 Å². The molecule has 1 fully saturated rings. The maximum Gasteiger partial charge on any atom is 0.137 e. The van der Waals surface area contributed by atoms with Crippen LogP contribution in [0, 0.1) is 5.92 Å². The summed E-state index contributed by atoms with van der Waals surface area (Å²) in [5.74, 6) is 1.64. The van der Waals surface area contributed by atoms with E-state index in [0.29, 0.717) is 11.1 Å². The van der Waals surface area contributed by atoms with Crippen LogP contribution in [0.4, 0.5) is 0 Å². The molecule has 1 aromatic carbocycles. The molecule has 1 unspecified atom stereocenters. The Morgan fingerprint density at radius 3 is 2.75 bits per heavy atom. The first-order chi connectivity index (χ1) is 9.74. The predicted octanol–water partition coefficient (Wildman–Crippen LogP) is 4.97. The number of hydrogen-bond donors (Lipinski definition) is 1. The number of ether oxygens (including phenoxy) is 1. The molecule has 1 saturated carbocycles. The summed E-state index contributed by atoms with van der Waals surface area (Å²) in [6, 6.07) is 6.59. The summed E-state index contributed by atoms with van der Waals surface area (Å²) in [7, 11) is 1.68. The van der Waals surface area contributed by atoms with Crippen molar-refractivity contribution in [2.75, 3.05) is 13.7 Å². The molecule has 2 nitrogen and oxygen atoms in total. The van der Waals surface area contributed by atoms with Crippen molar-refractivity contribution in [2.24, 2.45) is 5.92 Å². The quantitative estimate of drug-likeness (QED) is 0.767. The maximum atomic E-state index is 6.13. The Kier molecular flexibility index (Phi) is 6.18. The van der Waals surface area contributed by atoms with E-state index in [2.05, 4.69) is 24.4 Å². The van der Waals surface area contributed by atoms with Crippen LogP contribution in [-0.4, -0.2) is 13.7 Å². The first kappa shape index (κ1) is 15.7. The summed E-state index contributed by atoms with van der Waals surface area (Å²) in [6.07, 6.45) is 7.95. The van der Waals surface area contributed by atoms with Gasteiger partial charge < -0.3 is 10.1 Å². The average Bonchev–Trinajstić information content (AvgIpc) is 2.97. The zero-order chi connectivity index (χ0) is 14.4. The number of benzene rings is 1. The molecule has 0 aromatic heterocycles. The summed E-state index contributed by atoms with van der Waals surface area (Å²) >= 11 is 6.13. The minimum absolute atomic E-state index is 0.421. The molecular formula is C17H26ClNO. The highest BCUT2D eigenvalue weighted by Crippen LogP contribution is 2.35. The molecule has 3 heteroatoms. The molecule has 0 aliphatic heterocycles. The van der Waals surface area contributed by atoms with Crippen LogP contribution < -0.4 is 10.1 Å². The van der Waals surface area contributed by atoms with Gasteiger partial charge in [-0.25, -0.2) is 0 Å². The molecule has 0 spiro atoms. The van der Waals surface area contributed by atoms with E-state index in [0.717, 1.165) is 24.6 Å². The lowest BCUT2D eigenvalue weighted by Crippen LogP contribution is -2.24. The van der Waals surface area contributed by atoms with Crippen LogP contribution in [0.15, 0.2) is 18.2 Å². The van der Waals surface area contributed by atoms with Crippen molar-refractivity contribution in [3.8, 4) is 5.75 Å². The molecular weight excluding hydrogens is 270 g/mol. The standard InChI is InChI=1S/C17H26ClNO/c1-3-10-19-16(11-13-6-4-5-7-13)14-8-9-15(18)17(12-14)20-2/h8-9,12-13,16,19H,3-7,10-11H2,1-2H3. The van der Waals surface area contributed by atoms with Gasteiger partial charge in [-0.2, -0.15) is 0 Å². The third-order valence-corrected chi connectivity index (χ3v) is 4.57. The Morgan fingerprint density at radius 2 is 2.10 bits per heavy atom. The molecule has 0 heterocycles. The molecule has 1 aromatic rings. The third kappa shape index (κ3) is 4.13. The topological polar surface area (TPSA) is 21.3 Å². The van der Waals surface area contributed by atoms with Gasteiger partial charge in [0, 0.05) is 6.04 Å². The van der Waals surface area contributed by atoms with Crippen molar-refractivity contribution in [3.63, 3.8) is 0 Å². The van der Waals surface area contributed by atoms with Crippen molar-refractivity contribution in [3.05, 3.63) is 28.8 Å². The van der Waals surface area contributed by atoms with E-state index in [4.69, 9.17) is 16.3 Å². The van der Waals surface area contributed by atoms with Crippen LogP contribution in [0.1, 0.15) is 57.1 Å². The lowest BCUT2D eigenvalue weighted by molar-refractivity contribution is 0.389. The lowest BCUT2D eigenvalue weighted by atomic mass is 9.93. The van der Waals surface area contributed by atoms with E-state index >= 15 is 0 Å². The molecule has 0 saturated heterocycles. The molecule has 0 radical (unpaired) electrons. The van der Waals surface area contributed by atoms with E-state index in [1.54, 1.807) is 7.11 Å². The molecule has 2 rings (SSSR count). The minimum atomic E-state index is 0.421. The summed E-state index contributed by atoms with van der Waals surface area (Å²) in [5.41, 5.74) is 1.30. The Hall–Kier alpha value is -0.730. The van der Waals surface area contributed by atoms with Gasteiger partial charge in [0.15, 0.2) is 0 Å². The molecule has 0 amide bonds. The fourth-order valence-corrected chi connectivity index (χ4v) is 3.32. The highest BCUT2D eigenvalue weighted by atomic mass is 35.5. The zero-order valence-electron chi connectivity index (χ0n) is 12.6. The van der Waals surface area contributed by atoms with Gasteiger partial charge >= 0.3 is 0 Å². The fraction of sp³-hybridized carbons (Fsp3) is 0.647. The maximum absolute atomic E-state index is 6.13. The minimum Gasteiger partial charge on any atom is -0.495 e. The molecule has 0 bridgehead atoms. The molecule has 1 aliphatic rings. The van der Waals surface area contributed by atoms with Gasteiger partial charge in [0.25, 0.3) is 0 Å². The van der Waals surface area contributed by atoms with Crippen LogP contribution in [-0.2, 0) is 0 Å². The van der Waals surface area contributed by atoms with Crippen LogP contribution >= 0.6 is 11.6 Å². The first-order valence-corrected chi connectivity index (χ1v) is 8.19. The monoisotopic (exact) mass is 295 g/mol. The Bertz CT molecular complexity index is 415. The van der Waals surface area contributed by atoms with E-state index in [1.807, 2.05) is 6.07 Å². The lowest BCUT2D eigenvalue weighted by Gasteiger charge is -2.23. The van der Waals surface area contributed by atoms with Gasteiger partial charge in [0.1, 0.15) is 5.75 Å². The molecule has 1 atom stereocenters. The smallest absolute Gasteiger partial charge is 0.137 e. The fourth-order valence-electron chi connectivity index (χ4n) is 3.13. The van der Waals surface area contributed by atoms with Crippen molar-refractivity contribution in [1.29, 1.82) is 0 Å². The van der Waals surface area contributed by atoms with Gasteiger partial charge in [-0.1, -0.05) is 50.3 Å². The van der Waals surface area contributed by atoms with Gasteiger partial charge in [0.2, 0.25) is 0 Å². The van der Waals surface area contributed by atoms with Gasteiger partial charge in [-0.15, -0.1) is 0 Å². The van der Waals surface area contributed by atoms with Gasteiger partial charge in [-0.05, 0) is 43.0 Å². The van der Waals surface area contributed by atoms with Crippen LogP contribution in [0.2, 0.25) is 5.02 Å². The Labute approximate surface area is 127 Å². The molecule has 112 valence electrons. The van der Waals surface area contributed by atoms with Crippen molar-refractivity contribution < 1.29 is 4.74 Å². The van der Waals surface area contributed by atoms with Crippen molar-refractivity contribution in [1.82, 2.24) is 5.32 Å². The third-order valence-electron chi connectivity index (χ3n) is 4.26. The van der Waals surface area contributed by atoms with E-state index in [9.17, 15) is 0 Å². The summed E-state index contributed by atoms with van der Waals surface area (Å²) in [6.45, 7) is 3.27. The Balaban J connectivity index is 2.11. The van der Waals surface area contributed by atoms with Gasteiger partial charge in [-0.3, -0.25) is 0 Å². The Morgan fingerprint density at radius 1 is 1.35 bits per heavy atom. The van der Waals surface area contributed by atoms with Crippen LogP contribution in [0.25, 0.3) is 0 Å². The second-order valence-corrected chi connectivity index (χ2v) is 6.19. The van der Waals surface area contributed by atoms with Crippen LogP contribution in [0.3, 0.4) is 0 Å². The largest absolute Gasteiger partial charge is 0.495 e. The summed E-state index contributed by atoms with van der Waals surface area (Å²) < 4.78 is 5.35. The molecule has 1 aliphatic carbocycles. The second kappa shape index (κ2) is 7.90. The highest BCUT2D eigenvalue weighted by molar-refractivity contribution is 6.32. The zero-order valence-corrected chi connectivity index (χ0v) is 13.4. The SMILES string of the molecule is CCCNC(CC1CCCC1)c1ccc(Cl)c(OC)c1. The summed E-state index contributed by atoms with van der Waals surface area (Å²) in [5, 5.41) is 4.37. The van der Waals surface area contributed by atoms with Crippen molar-refractivity contribution >= 4 is 11.6 Å². The second-order valence-electron chi connectivity index (χ2n) is 5.79. The first-order valence-electron chi connectivity index (χ1n) is 7.81. The van der Waals surface area contributed by atoms with Crippen LogP contribution in [0.5, 0.6) is 5.75 Å². The van der Waals surface area contributed by atoms with Gasteiger partial charge in [0.05, 0.1) is 12.1 Å². The number of hydrogen-bond acceptors (Lipinski definition) is 2. The summed E-state index contributed by atoms with van der Waals surface area (Å²) in [4.78, 5) is 0. The average molecular weight is 296 g/mol.